The van der Waals surface area contributed by atoms with Crippen molar-refractivity contribution >= 4 is 10.1 Å². The molecule has 0 saturated heterocycles. The van der Waals surface area contributed by atoms with Gasteiger partial charge in [-0.2, -0.15) is 0 Å². The van der Waals surface area contributed by atoms with Gasteiger partial charge in [0.1, 0.15) is 12.4 Å². The van der Waals surface area contributed by atoms with Crippen molar-refractivity contribution in [2.24, 2.45) is 7.05 Å². The highest BCUT2D eigenvalue weighted by Crippen LogP contribution is 2.00. The molecule has 25 heavy (non-hydrogen) atoms. The molecule has 0 aliphatic heterocycles. The highest BCUT2D eigenvalue weighted by atomic mass is 32.2. The van der Waals surface area contributed by atoms with Crippen molar-refractivity contribution in [3.63, 3.8) is 0 Å². The molecule has 8 nitrogen and oxygen atoms in total. The van der Waals surface area contributed by atoms with Crippen LogP contribution in [0.25, 0.3) is 0 Å². The van der Waals surface area contributed by atoms with Gasteiger partial charge in [0.2, 0.25) is 6.33 Å². The minimum atomic E-state index is -4.21. The zero-order valence-electron chi connectivity index (χ0n) is 15.4. The van der Waals surface area contributed by atoms with E-state index in [2.05, 4.69) is 41.8 Å². The Labute approximate surface area is 151 Å². The first kappa shape index (κ1) is 24.0. The standard InChI is InChI=1S/C10H19N2.C6H15NO5S/c1-3-4-5-6-7-12-9-8-11(2)10-12;8-4-1-7(2-5-9)3-6-13(10,11)12/h8-10H,3-7H2,1-2H3;8-9H,1-6H2,(H,10,11,12)/q+1;/p-1. The van der Waals surface area contributed by atoms with Crippen LogP contribution in [0.5, 0.6) is 0 Å². The molecule has 0 atom stereocenters. The van der Waals surface area contributed by atoms with Gasteiger partial charge in [0.25, 0.3) is 0 Å². The van der Waals surface area contributed by atoms with Gasteiger partial charge < -0.3 is 14.8 Å². The van der Waals surface area contributed by atoms with Crippen LogP contribution in [-0.4, -0.2) is 71.3 Å². The Morgan fingerprint density at radius 1 is 1.12 bits per heavy atom. The summed E-state index contributed by atoms with van der Waals surface area (Å²) in [6.07, 6.45) is 11.7. The molecule has 1 heterocycles. The van der Waals surface area contributed by atoms with E-state index in [-0.39, 0.29) is 32.8 Å². The molecule has 0 bridgehead atoms. The van der Waals surface area contributed by atoms with E-state index in [1.165, 1.54) is 37.1 Å². The van der Waals surface area contributed by atoms with Crippen LogP contribution in [0, 0.1) is 0 Å². The summed E-state index contributed by atoms with van der Waals surface area (Å²) >= 11 is 0. The summed E-state index contributed by atoms with van der Waals surface area (Å²) < 4.78 is 35.0. The number of rotatable bonds is 12. The van der Waals surface area contributed by atoms with E-state index in [1.807, 2.05) is 0 Å². The maximum Gasteiger partial charge on any atom is 0.243 e. The normalized spacial score (nSPS) is 11.4. The smallest absolute Gasteiger partial charge is 0.243 e. The molecule has 1 aromatic heterocycles. The molecule has 1 aromatic rings. The van der Waals surface area contributed by atoms with Crippen molar-refractivity contribution in [3.8, 4) is 0 Å². The number of aryl methyl sites for hydroxylation is 2. The highest BCUT2D eigenvalue weighted by Gasteiger charge is 2.05. The van der Waals surface area contributed by atoms with E-state index in [0.29, 0.717) is 0 Å². The van der Waals surface area contributed by atoms with Crippen LogP contribution < -0.4 is 4.57 Å². The van der Waals surface area contributed by atoms with Gasteiger partial charge in [0, 0.05) is 19.6 Å². The third-order valence-corrected chi connectivity index (χ3v) is 4.27. The van der Waals surface area contributed by atoms with E-state index in [0.717, 1.165) is 0 Å². The number of hydrogen-bond donors (Lipinski definition) is 2. The Morgan fingerprint density at radius 3 is 2.20 bits per heavy atom. The lowest BCUT2D eigenvalue weighted by molar-refractivity contribution is -0.671. The topological polar surface area (TPSA) is 110 Å². The fraction of sp³-hybridized carbons (Fsp3) is 0.812. The summed E-state index contributed by atoms with van der Waals surface area (Å²) in [7, 11) is -2.15. The molecule has 9 heteroatoms. The SMILES string of the molecule is CCCCCCn1cc[n+](C)c1.O=S(=O)([O-])CCN(CCO)CCO. The van der Waals surface area contributed by atoms with Crippen LogP contribution >= 0.6 is 0 Å². The number of hydrogen-bond acceptors (Lipinski definition) is 6. The van der Waals surface area contributed by atoms with E-state index in [1.54, 1.807) is 0 Å². The van der Waals surface area contributed by atoms with Crippen molar-refractivity contribution in [2.75, 3.05) is 38.6 Å². The summed E-state index contributed by atoms with van der Waals surface area (Å²) in [6, 6.07) is 0. The van der Waals surface area contributed by atoms with Crippen molar-refractivity contribution < 1.29 is 27.8 Å². The zero-order chi connectivity index (χ0) is 19.1. The number of aliphatic hydroxyl groups excluding tert-OH is 2. The Bertz CT molecular complexity index is 528. The molecule has 0 unspecified atom stereocenters. The predicted octanol–water partition coefficient (Wildman–Crippen LogP) is -0.289. The number of aromatic nitrogens is 2. The van der Waals surface area contributed by atoms with Crippen LogP contribution in [0.15, 0.2) is 18.7 Å². The number of aliphatic hydroxyl groups is 2. The lowest BCUT2D eigenvalue weighted by Crippen LogP contribution is -2.34. The second kappa shape index (κ2) is 14.2. The van der Waals surface area contributed by atoms with Gasteiger partial charge in [-0.3, -0.25) is 4.90 Å². The first-order valence-electron chi connectivity index (χ1n) is 8.71. The van der Waals surface area contributed by atoms with Gasteiger partial charge in [-0.05, 0) is 12.8 Å². The van der Waals surface area contributed by atoms with Gasteiger partial charge in [-0.15, -0.1) is 0 Å². The minimum Gasteiger partial charge on any atom is -0.748 e. The summed E-state index contributed by atoms with van der Waals surface area (Å²) in [5.41, 5.74) is 0. The second-order valence-corrected chi connectivity index (χ2v) is 7.45. The van der Waals surface area contributed by atoms with Gasteiger partial charge in [-0.25, -0.2) is 17.6 Å². The van der Waals surface area contributed by atoms with Crippen LogP contribution in [-0.2, 0) is 23.7 Å². The van der Waals surface area contributed by atoms with Crippen molar-refractivity contribution in [1.82, 2.24) is 9.47 Å². The second-order valence-electron chi connectivity index (χ2n) is 5.93. The maximum absolute atomic E-state index is 10.2. The molecular formula is C16H33N3O5S. The molecule has 0 aliphatic carbocycles. The lowest BCUT2D eigenvalue weighted by atomic mass is 10.2. The monoisotopic (exact) mass is 379 g/mol. The summed E-state index contributed by atoms with van der Waals surface area (Å²) in [6.45, 7) is 3.73. The average molecular weight is 380 g/mol. The molecule has 0 spiro atoms. The van der Waals surface area contributed by atoms with E-state index in [4.69, 9.17) is 10.2 Å². The molecular weight excluding hydrogens is 346 g/mol. The number of imidazole rings is 1. The Hall–Kier alpha value is -1.00. The molecule has 0 fully saturated rings. The first-order chi connectivity index (χ1) is 11.8. The predicted molar refractivity (Wildman–Crippen MR) is 94.9 cm³/mol. The lowest BCUT2D eigenvalue weighted by Gasteiger charge is -2.20. The Balaban J connectivity index is 0.000000462. The van der Waals surface area contributed by atoms with Gasteiger partial charge >= 0.3 is 0 Å². The Morgan fingerprint density at radius 2 is 1.76 bits per heavy atom. The highest BCUT2D eigenvalue weighted by molar-refractivity contribution is 7.85. The molecule has 2 N–H and O–H groups in total. The molecule has 0 aliphatic rings. The molecule has 1 rings (SSSR count). The third-order valence-electron chi connectivity index (χ3n) is 3.58. The fourth-order valence-electron chi connectivity index (χ4n) is 2.21. The van der Waals surface area contributed by atoms with Crippen LogP contribution in [0.1, 0.15) is 32.6 Å². The maximum atomic E-state index is 10.2. The van der Waals surface area contributed by atoms with Crippen molar-refractivity contribution in [3.05, 3.63) is 18.7 Å². The average Bonchev–Trinajstić information content (AvgIpc) is 2.95. The number of nitrogens with zero attached hydrogens (tertiary/aromatic N) is 3. The summed E-state index contributed by atoms with van der Waals surface area (Å²) in [4.78, 5) is 1.51. The summed E-state index contributed by atoms with van der Waals surface area (Å²) in [5.74, 6) is -0.493. The van der Waals surface area contributed by atoms with Crippen LogP contribution in [0.3, 0.4) is 0 Å². The quantitative estimate of drug-likeness (QED) is 0.293. The van der Waals surface area contributed by atoms with Gasteiger partial charge in [-0.1, -0.05) is 19.8 Å². The molecule has 148 valence electrons. The van der Waals surface area contributed by atoms with E-state index < -0.39 is 15.9 Å². The first-order valence-corrected chi connectivity index (χ1v) is 10.3. The third kappa shape index (κ3) is 15.0. The van der Waals surface area contributed by atoms with Gasteiger partial charge in [0.05, 0.1) is 42.7 Å². The molecule has 0 saturated carbocycles. The van der Waals surface area contributed by atoms with Crippen LogP contribution in [0.2, 0.25) is 0 Å². The molecule has 0 amide bonds. The fourth-order valence-corrected chi connectivity index (χ4v) is 2.70. The van der Waals surface area contributed by atoms with E-state index >= 15 is 0 Å². The van der Waals surface area contributed by atoms with Crippen LogP contribution in [0.4, 0.5) is 0 Å². The zero-order valence-corrected chi connectivity index (χ0v) is 16.2. The Kier molecular flexibility index (Phi) is 13.6. The van der Waals surface area contributed by atoms with Crippen molar-refractivity contribution in [1.29, 1.82) is 0 Å². The number of unbranched alkanes of at least 4 members (excludes halogenated alkanes) is 3. The van der Waals surface area contributed by atoms with Gasteiger partial charge in [0.15, 0.2) is 0 Å². The molecule has 0 radical (unpaired) electrons. The van der Waals surface area contributed by atoms with Crippen molar-refractivity contribution in [2.45, 2.75) is 39.2 Å². The largest absolute Gasteiger partial charge is 0.748 e. The van der Waals surface area contributed by atoms with E-state index in [9.17, 15) is 13.0 Å². The molecule has 0 aromatic carbocycles. The summed E-state index contributed by atoms with van der Waals surface area (Å²) in [5, 5.41) is 17.1. The minimum absolute atomic E-state index is 0.0486.